The molecule has 4 aromatic rings. The number of carbonyl (C=O) groups is 1. The van der Waals surface area contributed by atoms with Crippen molar-refractivity contribution in [3.63, 3.8) is 0 Å². The Balaban J connectivity index is 1.84. The fraction of sp³-hybridized carbons (Fsp3) is 0.190. The van der Waals surface area contributed by atoms with Crippen LogP contribution in [0.2, 0.25) is 5.02 Å². The first-order valence-corrected chi connectivity index (χ1v) is 10.2. The molecule has 4 rings (SSSR count). The molecule has 2 aromatic carbocycles. The van der Waals surface area contributed by atoms with Crippen molar-refractivity contribution in [2.75, 3.05) is 13.7 Å². The molecule has 0 spiro atoms. The Morgan fingerprint density at radius 1 is 1.24 bits per heavy atom. The average Bonchev–Trinajstić information content (AvgIpc) is 3.26. The van der Waals surface area contributed by atoms with E-state index in [1.807, 2.05) is 41.0 Å². The molecule has 0 fully saturated rings. The third kappa shape index (κ3) is 3.76. The van der Waals surface area contributed by atoms with E-state index in [1.165, 1.54) is 11.3 Å². The fourth-order valence-corrected chi connectivity index (χ4v) is 4.39. The lowest BCUT2D eigenvalue weighted by atomic mass is 10.1. The molecular weight excluding hydrogens is 410 g/mol. The Hall–Kier alpha value is -2.74. The number of rotatable bonds is 5. The Kier molecular flexibility index (Phi) is 5.62. The number of para-hydroxylation sites is 1. The highest BCUT2D eigenvalue weighted by molar-refractivity contribution is 7.16. The summed E-state index contributed by atoms with van der Waals surface area (Å²) in [5.74, 6) is -0.0189. The number of ether oxygens (including phenoxy) is 1. The van der Waals surface area contributed by atoms with Gasteiger partial charge in [-0.15, -0.1) is 0 Å². The van der Waals surface area contributed by atoms with Gasteiger partial charge in [-0.3, -0.25) is 4.79 Å². The molecule has 2 aromatic heterocycles. The molecule has 0 atom stereocenters. The number of fused-ring (bicyclic) bond motifs is 1. The average molecular weight is 428 g/mol. The first-order valence-electron chi connectivity index (χ1n) is 8.97. The van der Waals surface area contributed by atoms with Crippen LogP contribution in [-0.2, 0) is 11.3 Å². The summed E-state index contributed by atoms with van der Waals surface area (Å²) in [4.78, 5) is 18.2. The van der Waals surface area contributed by atoms with Gasteiger partial charge in [0.1, 0.15) is 17.0 Å². The number of carbonyl (C=O) groups excluding carboxylic acids is 1. The van der Waals surface area contributed by atoms with E-state index < -0.39 is 5.91 Å². The van der Waals surface area contributed by atoms with Crippen LogP contribution in [0.1, 0.15) is 16.1 Å². The van der Waals surface area contributed by atoms with Gasteiger partial charge in [-0.05, 0) is 25.1 Å². The van der Waals surface area contributed by atoms with Gasteiger partial charge in [-0.25, -0.2) is 0 Å². The normalized spacial score (nSPS) is 12.0. The van der Waals surface area contributed by atoms with E-state index in [1.54, 1.807) is 26.2 Å². The van der Waals surface area contributed by atoms with E-state index in [-0.39, 0.29) is 0 Å². The summed E-state index contributed by atoms with van der Waals surface area (Å²) >= 11 is 7.75. The first-order chi connectivity index (χ1) is 14.1. The molecule has 0 radical (unpaired) electrons. The number of nitrogens with zero attached hydrogens (tertiary/aromatic N) is 3. The van der Waals surface area contributed by atoms with Crippen LogP contribution >= 0.6 is 22.9 Å². The minimum Gasteiger partial charge on any atom is -0.383 e. The minimum absolute atomic E-state index is 0.314. The highest BCUT2D eigenvalue weighted by Gasteiger charge is 2.23. The summed E-state index contributed by atoms with van der Waals surface area (Å²) in [6.45, 7) is 2.80. The van der Waals surface area contributed by atoms with Gasteiger partial charge in [0.15, 0.2) is 4.80 Å². The lowest BCUT2D eigenvalue weighted by Gasteiger charge is -2.04. The maximum atomic E-state index is 13.2. The third-order valence-electron chi connectivity index (χ3n) is 4.51. The Morgan fingerprint density at radius 3 is 2.79 bits per heavy atom. The molecule has 0 aliphatic rings. The van der Waals surface area contributed by atoms with Gasteiger partial charge in [-0.2, -0.15) is 4.99 Å². The number of methoxy groups -OCH3 is 1. The van der Waals surface area contributed by atoms with E-state index in [2.05, 4.69) is 10.1 Å². The highest BCUT2D eigenvalue weighted by Crippen LogP contribution is 2.31. The summed E-state index contributed by atoms with van der Waals surface area (Å²) in [5.41, 5.74) is 2.35. The molecule has 0 saturated carbocycles. The van der Waals surface area contributed by atoms with E-state index in [0.717, 1.165) is 10.2 Å². The van der Waals surface area contributed by atoms with Crippen molar-refractivity contribution >= 4 is 39.1 Å². The molecule has 0 unspecified atom stereocenters. The zero-order valence-electron chi connectivity index (χ0n) is 15.9. The van der Waals surface area contributed by atoms with E-state index >= 15 is 0 Å². The highest BCUT2D eigenvalue weighted by atomic mass is 35.5. The standard InChI is InChI=1S/C21H18ClN3O3S/c1-13-18(19(24-28-13)14-7-3-4-8-15(14)22)20(26)23-21-25(11-12-27-2)16-9-5-6-10-17(16)29-21/h3-10H,11-12H2,1-2H3. The van der Waals surface area contributed by atoms with Crippen LogP contribution in [0.3, 0.4) is 0 Å². The molecular formula is C21H18ClN3O3S. The minimum atomic E-state index is -0.420. The molecule has 0 aliphatic carbocycles. The lowest BCUT2D eigenvalue weighted by Crippen LogP contribution is -2.19. The van der Waals surface area contributed by atoms with Gasteiger partial charge < -0.3 is 13.8 Å². The monoisotopic (exact) mass is 427 g/mol. The molecule has 2 heterocycles. The van der Waals surface area contributed by atoms with Crippen molar-refractivity contribution in [1.29, 1.82) is 0 Å². The molecule has 0 saturated heterocycles. The zero-order chi connectivity index (χ0) is 20.4. The van der Waals surface area contributed by atoms with Crippen molar-refractivity contribution in [2.24, 2.45) is 4.99 Å². The number of aryl methyl sites for hydroxylation is 1. The number of aromatic nitrogens is 2. The van der Waals surface area contributed by atoms with Crippen LogP contribution in [0.15, 0.2) is 58.0 Å². The molecule has 0 aliphatic heterocycles. The molecule has 6 nitrogen and oxygen atoms in total. The van der Waals surface area contributed by atoms with Crippen LogP contribution in [0.5, 0.6) is 0 Å². The van der Waals surface area contributed by atoms with Crippen molar-refractivity contribution in [3.05, 3.63) is 69.7 Å². The predicted octanol–water partition coefficient (Wildman–Crippen LogP) is 4.71. The third-order valence-corrected chi connectivity index (χ3v) is 5.90. The van der Waals surface area contributed by atoms with Gasteiger partial charge in [0.2, 0.25) is 0 Å². The van der Waals surface area contributed by atoms with E-state index in [9.17, 15) is 4.79 Å². The lowest BCUT2D eigenvalue weighted by molar-refractivity contribution is 0.0996. The van der Waals surface area contributed by atoms with Crippen molar-refractivity contribution < 1.29 is 14.1 Å². The number of hydrogen-bond donors (Lipinski definition) is 0. The number of halogens is 1. The van der Waals surface area contributed by atoms with Crippen LogP contribution in [0.25, 0.3) is 21.5 Å². The van der Waals surface area contributed by atoms with E-state index in [0.29, 0.717) is 45.6 Å². The second kappa shape index (κ2) is 8.32. The predicted molar refractivity (Wildman–Crippen MR) is 113 cm³/mol. The molecule has 8 heteroatoms. The molecule has 0 bridgehead atoms. The number of thiazole rings is 1. The quantitative estimate of drug-likeness (QED) is 0.462. The van der Waals surface area contributed by atoms with Crippen molar-refractivity contribution in [3.8, 4) is 11.3 Å². The number of amides is 1. The van der Waals surface area contributed by atoms with Crippen LogP contribution < -0.4 is 4.80 Å². The summed E-state index contributed by atoms with van der Waals surface area (Å²) in [5, 5.41) is 4.55. The molecule has 29 heavy (non-hydrogen) atoms. The van der Waals surface area contributed by atoms with Crippen LogP contribution in [0, 0.1) is 6.92 Å². The van der Waals surface area contributed by atoms with Crippen molar-refractivity contribution in [1.82, 2.24) is 9.72 Å². The first kappa shape index (κ1) is 19.6. The smallest absolute Gasteiger partial charge is 0.285 e. The fourth-order valence-electron chi connectivity index (χ4n) is 3.11. The van der Waals surface area contributed by atoms with Crippen LogP contribution in [0.4, 0.5) is 0 Å². The second-order valence-corrected chi connectivity index (χ2v) is 7.77. The zero-order valence-corrected chi connectivity index (χ0v) is 17.5. The Bertz CT molecular complexity index is 1260. The summed E-state index contributed by atoms with van der Waals surface area (Å²) in [6, 6.07) is 15.1. The molecule has 0 N–H and O–H groups in total. The summed E-state index contributed by atoms with van der Waals surface area (Å²) < 4.78 is 13.6. The second-order valence-electron chi connectivity index (χ2n) is 6.36. The maximum Gasteiger partial charge on any atom is 0.285 e. The van der Waals surface area contributed by atoms with Crippen molar-refractivity contribution in [2.45, 2.75) is 13.5 Å². The largest absolute Gasteiger partial charge is 0.383 e. The Morgan fingerprint density at radius 2 is 2.00 bits per heavy atom. The topological polar surface area (TPSA) is 69.6 Å². The maximum absolute atomic E-state index is 13.2. The van der Waals surface area contributed by atoms with E-state index in [4.69, 9.17) is 20.9 Å². The molecule has 1 amide bonds. The number of hydrogen-bond acceptors (Lipinski definition) is 5. The van der Waals surface area contributed by atoms with Gasteiger partial charge in [-0.1, -0.05) is 58.4 Å². The van der Waals surface area contributed by atoms with Gasteiger partial charge in [0.05, 0.1) is 21.8 Å². The van der Waals surface area contributed by atoms with Gasteiger partial charge >= 0.3 is 0 Å². The summed E-state index contributed by atoms with van der Waals surface area (Å²) in [7, 11) is 1.65. The van der Waals surface area contributed by atoms with Crippen LogP contribution in [-0.4, -0.2) is 29.3 Å². The molecule has 148 valence electrons. The van der Waals surface area contributed by atoms with Gasteiger partial charge in [0.25, 0.3) is 5.91 Å². The van der Waals surface area contributed by atoms with Gasteiger partial charge in [0, 0.05) is 19.2 Å². The Labute approximate surface area is 176 Å². The number of benzene rings is 2. The SMILES string of the molecule is COCCn1c(=NC(=O)c2c(-c3ccccc3Cl)noc2C)sc2ccccc21. The summed E-state index contributed by atoms with van der Waals surface area (Å²) in [6.07, 6.45) is 0.